The normalized spacial score (nSPS) is 10.1. The second-order valence-electron chi connectivity index (χ2n) is 2.84. The van der Waals surface area contributed by atoms with Crippen molar-refractivity contribution < 1.29 is 14.2 Å². The molecule has 0 unspecified atom stereocenters. The highest BCUT2D eigenvalue weighted by Gasteiger charge is 2.04. The first-order valence-electron chi connectivity index (χ1n) is 4.82. The van der Waals surface area contributed by atoms with Crippen LogP contribution in [0.4, 0.5) is 0 Å². The summed E-state index contributed by atoms with van der Waals surface area (Å²) in [5.41, 5.74) is 0. The third kappa shape index (κ3) is 4.10. The topological polar surface area (TPSA) is 27.7 Å². The Morgan fingerprint density at radius 3 is 2.67 bits per heavy atom. The number of hydrogen-bond donors (Lipinski definition) is 0. The van der Waals surface area contributed by atoms with E-state index >= 15 is 0 Å². The lowest BCUT2D eigenvalue weighted by molar-refractivity contribution is 0.109. The Morgan fingerprint density at radius 2 is 2.00 bits per heavy atom. The Labute approximate surface area is 98.5 Å². The largest absolute Gasteiger partial charge is 0.493 e. The summed E-state index contributed by atoms with van der Waals surface area (Å²) in [7, 11) is 1.62. The van der Waals surface area contributed by atoms with Gasteiger partial charge >= 0.3 is 0 Å². The molecule has 0 atom stereocenters. The highest BCUT2D eigenvalue weighted by atomic mass is 79.9. The number of hydrogen-bond acceptors (Lipinski definition) is 3. The molecule has 4 heteroatoms. The van der Waals surface area contributed by atoms with Gasteiger partial charge in [-0.3, -0.25) is 0 Å². The molecule has 15 heavy (non-hydrogen) atoms. The van der Waals surface area contributed by atoms with E-state index < -0.39 is 0 Å². The van der Waals surface area contributed by atoms with Crippen molar-refractivity contribution in [2.45, 2.75) is 6.92 Å². The zero-order valence-electron chi connectivity index (χ0n) is 8.96. The van der Waals surface area contributed by atoms with Crippen molar-refractivity contribution in [2.24, 2.45) is 0 Å². The van der Waals surface area contributed by atoms with Gasteiger partial charge in [-0.05, 0) is 25.1 Å². The Hall–Kier alpha value is -0.740. The van der Waals surface area contributed by atoms with E-state index in [4.69, 9.17) is 14.2 Å². The lowest BCUT2D eigenvalue weighted by Crippen LogP contribution is -2.07. The summed E-state index contributed by atoms with van der Waals surface area (Å²) in [5, 5.41) is 0. The first-order chi connectivity index (χ1) is 7.27. The van der Waals surface area contributed by atoms with Crippen molar-refractivity contribution in [3.8, 4) is 11.5 Å². The number of halogens is 1. The van der Waals surface area contributed by atoms with Crippen LogP contribution >= 0.6 is 15.9 Å². The molecule has 3 nitrogen and oxygen atoms in total. The molecule has 84 valence electrons. The maximum Gasteiger partial charge on any atom is 0.162 e. The van der Waals surface area contributed by atoms with E-state index in [1.54, 1.807) is 7.11 Å². The molecule has 0 aliphatic heterocycles. The molecule has 1 aromatic carbocycles. The third-order valence-corrected chi connectivity index (χ3v) is 2.31. The van der Waals surface area contributed by atoms with Crippen LogP contribution in [0.2, 0.25) is 0 Å². The smallest absolute Gasteiger partial charge is 0.162 e. The molecule has 1 aromatic rings. The van der Waals surface area contributed by atoms with Gasteiger partial charge in [0.05, 0.1) is 13.7 Å². The summed E-state index contributed by atoms with van der Waals surface area (Å²) in [4.78, 5) is 0. The Balaban J connectivity index is 2.54. The predicted molar refractivity (Wildman–Crippen MR) is 62.7 cm³/mol. The quantitative estimate of drug-likeness (QED) is 0.747. The van der Waals surface area contributed by atoms with Crippen LogP contribution in [0, 0.1) is 0 Å². The third-order valence-electron chi connectivity index (χ3n) is 1.82. The molecule has 0 spiro atoms. The molecule has 0 amide bonds. The maximum atomic E-state index is 5.53. The van der Waals surface area contributed by atoms with Gasteiger partial charge in [0.25, 0.3) is 0 Å². The van der Waals surface area contributed by atoms with E-state index in [2.05, 4.69) is 15.9 Å². The lowest BCUT2D eigenvalue weighted by atomic mass is 10.3. The minimum atomic E-state index is 0.528. The van der Waals surface area contributed by atoms with E-state index in [-0.39, 0.29) is 0 Å². The lowest BCUT2D eigenvalue weighted by Gasteiger charge is -2.10. The van der Waals surface area contributed by atoms with Crippen molar-refractivity contribution in [1.82, 2.24) is 0 Å². The minimum Gasteiger partial charge on any atom is -0.493 e. The SMILES string of the molecule is CCOCCOc1cc(Br)ccc1OC. The van der Waals surface area contributed by atoms with Crippen molar-refractivity contribution >= 4 is 15.9 Å². The van der Waals surface area contributed by atoms with Crippen LogP contribution in [-0.2, 0) is 4.74 Å². The number of benzene rings is 1. The van der Waals surface area contributed by atoms with Crippen molar-refractivity contribution in [2.75, 3.05) is 26.9 Å². The van der Waals surface area contributed by atoms with Gasteiger partial charge in [-0.1, -0.05) is 15.9 Å². The van der Waals surface area contributed by atoms with Gasteiger partial charge in [-0.25, -0.2) is 0 Å². The summed E-state index contributed by atoms with van der Waals surface area (Å²) in [6, 6.07) is 5.65. The van der Waals surface area contributed by atoms with Gasteiger partial charge in [0.1, 0.15) is 6.61 Å². The molecule has 0 aliphatic carbocycles. The second-order valence-corrected chi connectivity index (χ2v) is 3.76. The highest BCUT2D eigenvalue weighted by molar-refractivity contribution is 9.10. The summed E-state index contributed by atoms with van der Waals surface area (Å²) in [5.74, 6) is 1.46. The van der Waals surface area contributed by atoms with Gasteiger partial charge in [-0.2, -0.15) is 0 Å². The van der Waals surface area contributed by atoms with Gasteiger partial charge in [-0.15, -0.1) is 0 Å². The van der Waals surface area contributed by atoms with Crippen LogP contribution in [0.25, 0.3) is 0 Å². The molecule has 0 N–H and O–H groups in total. The molecule has 1 rings (SSSR count). The highest BCUT2D eigenvalue weighted by Crippen LogP contribution is 2.29. The van der Waals surface area contributed by atoms with Crippen LogP contribution < -0.4 is 9.47 Å². The molecular weight excluding hydrogens is 260 g/mol. The molecule has 0 aliphatic rings. The molecule has 0 fully saturated rings. The molecule has 0 saturated carbocycles. The monoisotopic (exact) mass is 274 g/mol. The molecule has 0 saturated heterocycles. The van der Waals surface area contributed by atoms with Gasteiger partial charge in [0, 0.05) is 11.1 Å². The van der Waals surface area contributed by atoms with Gasteiger partial charge in [0.15, 0.2) is 11.5 Å². The first kappa shape index (κ1) is 12.3. The first-order valence-corrected chi connectivity index (χ1v) is 5.61. The van der Waals surface area contributed by atoms with E-state index in [1.165, 1.54) is 0 Å². The number of ether oxygens (including phenoxy) is 3. The fourth-order valence-electron chi connectivity index (χ4n) is 1.12. The van der Waals surface area contributed by atoms with Crippen LogP contribution in [0.3, 0.4) is 0 Å². The average molecular weight is 275 g/mol. The van der Waals surface area contributed by atoms with Crippen LogP contribution in [-0.4, -0.2) is 26.9 Å². The van der Waals surface area contributed by atoms with Crippen LogP contribution in [0.1, 0.15) is 6.92 Å². The summed E-state index contributed by atoms with van der Waals surface area (Å²) in [6.45, 7) is 3.78. The summed E-state index contributed by atoms with van der Waals surface area (Å²) >= 11 is 3.38. The molecule has 0 heterocycles. The Kier molecular flexibility index (Phi) is 5.50. The predicted octanol–water partition coefficient (Wildman–Crippen LogP) is 2.87. The molecule has 0 radical (unpaired) electrons. The zero-order chi connectivity index (χ0) is 11.1. The molecule has 0 bridgehead atoms. The van der Waals surface area contributed by atoms with Crippen molar-refractivity contribution in [3.63, 3.8) is 0 Å². The van der Waals surface area contributed by atoms with Gasteiger partial charge in [0.2, 0.25) is 0 Å². The summed E-state index contributed by atoms with van der Waals surface area (Å²) in [6.07, 6.45) is 0. The van der Waals surface area contributed by atoms with Crippen LogP contribution in [0.15, 0.2) is 22.7 Å². The minimum absolute atomic E-state index is 0.528. The fourth-order valence-corrected chi connectivity index (χ4v) is 1.46. The Bertz CT molecular complexity index is 302. The maximum absolute atomic E-state index is 5.53. The van der Waals surface area contributed by atoms with E-state index in [0.29, 0.717) is 19.8 Å². The van der Waals surface area contributed by atoms with E-state index in [0.717, 1.165) is 16.0 Å². The van der Waals surface area contributed by atoms with Gasteiger partial charge < -0.3 is 14.2 Å². The zero-order valence-corrected chi connectivity index (χ0v) is 10.5. The van der Waals surface area contributed by atoms with Crippen LogP contribution in [0.5, 0.6) is 11.5 Å². The number of rotatable bonds is 6. The fraction of sp³-hybridized carbons (Fsp3) is 0.455. The Morgan fingerprint density at radius 1 is 1.20 bits per heavy atom. The second kappa shape index (κ2) is 6.69. The number of methoxy groups -OCH3 is 1. The van der Waals surface area contributed by atoms with Crippen molar-refractivity contribution in [3.05, 3.63) is 22.7 Å². The average Bonchev–Trinajstić information content (AvgIpc) is 2.25. The summed E-state index contributed by atoms with van der Waals surface area (Å²) < 4.78 is 16.9. The van der Waals surface area contributed by atoms with E-state index in [9.17, 15) is 0 Å². The standard InChI is InChI=1S/C11H15BrO3/c1-3-14-6-7-15-11-8-9(12)4-5-10(11)13-2/h4-5,8H,3,6-7H2,1-2H3. The molecular formula is C11H15BrO3. The van der Waals surface area contributed by atoms with E-state index in [1.807, 2.05) is 25.1 Å². The molecule has 0 aromatic heterocycles. The van der Waals surface area contributed by atoms with Crippen molar-refractivity contribution in [1.29, 1.82) is 0 Å².